The van der Waals surface area contributed by atoms with Crippen molar-refractivity contribution in [1.82, 2.24) is 25.4 Å². The molecule has 28 heavy (non-hydrogen) atoms. The lowest BCUT2D eigenvalue weighted by Crippen LogP contribution is -2.47. The summed E-state index contributed by atoms with van der Waals surface area (Å²) in [6.07, 6.45) is 10.8. The van der Waals surface area contributed by atoms with Crippen molar-refractivity contribution in [3.8, 4) is 0 Å². The molecule has 2 aliphatic carbocycles. The summed E-state index contributed by atoms with van der Waals surface area (Å²) >= 11 is 0. The molecule has 0 radical (unpaired) electrons. The number of aromatic nitrogens is 3. The van der Waals surface area contributed by atoms with Crippen LogP contribution in [-0.2, 0) is 18.3 Å². The molecule has 1 saturated heterocycles. The molecule has 3 fully saturated rings. The molecule has 4 unspecified atom stereocenters. The maximum atomic E-state index is 5.76. The largest absolute Gasteiger partial charge is 0.376 e. The van der Waals surface area contributed by atoms with Crippen LogP contribution in [0.15, 0.2) is 4.99 Å². The van der Waals surface area contributed by atoms with Gasteiger partial charge in [0.25, 0.3) is 0 Å². The van der Waals surface area contributed by atoms with Crippen molar-refractivity contribution >= 4 is 29.9 Å². The van der Waals surface area contributed by atoms with E-state index in [1.54, 1.807) is 0 Å². The van der Waals surface area contributed by atoms with Crippen molar-refractivity contribution in [1.29, 1.82) is 0 Å². The van der Waals surface area contributed by atoms with E-state index in [1.807, 2.05) is 18.5 Å². The highest BCUT2D eigenvalue weighted by molar-refractivity contribution is 14.0. The maximum Gasteiger partial charge on any atom is 0.192 e. The molecule has 0 bridgehead atoms. The molecule has 4 rings (SSSR count). The van der Waals surface area contributed by atoms with Gasteiger partial charge in [-0.05, 0) is 50.9 Å². The Bertz CT molecular complexity index is 657. The molecular weight excluding hydrogens is 467 g/mol. The number of aryl methyl sites for hydroxylation is 1. The molecule has 1 aromatic heterocycles. The fourth-order valence-corrected chi connectivity index (χ4v) is 4.93. The predicted molar refractivity (Wildman–Crippen MR) is 121 cm³/mol. The maximum absolute atomic E-state index is 5.76. The minimum absolute atomic E-state index is 0. The van der Waals surface area contributed by atoms with Gasteiger partial charge in [0.05, 0.1) is 6.10 Å². The first-order chi connectivity index (χ1) is 13.2. The first-order valence-corrected chi connectivity index (χ1v) is 10.7. The Labute approximate surface area is 185 Å². The Morgan fingerprint density at radius 2 is 2.00 bits per heavy atom. The lowest BCUT2D eigenvalue weighted by molar-refractivity contribution is 0.113. The van der Waals surface area contributed by atoms with Crippen LogP contribution in [0.2, 0.25) is 0 Å². The molecule has 2 N–H and O–H groups in total. The predicted octanol–water partition coefficient (Wildman–Crippen LogP) is 2.92. The summed E-state index contributed by atoms with van der Waals surface area (Å²) in [5.74, 6) is 4.60. The quantitative estimate of drug-likeness (QED) is 0.368. The van der Waals surface area contributed by atoms with Crippen LogP contribution in [0.3, 0.4) is 0 Å². The summed E-state index contributed by atoms with van der Waals surface area (Å²) in [5, 5.41) is 15.6. The molecule has 8 heteroatoms. The van der Waals surface area contributed by atoms with Crippen LogP contribution in [0.1, 0.15) is 63.0 Å². The summed E-state index contributed by atoms with van der Waals surface area (Å²) < 4.78 is 7.77. The molecule has 2 saturated carbocycles. The van der Waals surface area contributed by atoms with Crippen molar-refractivity contribution in [2.24, 2.45) is 23.9 Å². The zero-order valence-electron chi connectivity index (χ0n) is 17.2. The fourth-order valence-electron chi connectivity index (χ4n) is 4.93. The number of hydrogen-bond donors (Lipinski definition) is 2. The highest BCUT2D eigenvalue weighted by Crippen LogP contribution is 2.42. The normalized spacial score (nSPS) is 30.0. The summed E-state index contributed by atoms with van der Waals surface area (Å²) in [6.45, 7) is 4.21. The van der Waals surface area contributed by atoms with Gasteiger partial charge in [-0.2, -0.15) is 0 Å². The van der Waals surface area contributed by atoms with Crippen LogP contribution < -0.4 is 10.6 Å². The van der Waals surface area contributed by atoms with Gasteiger partial charge in [-0.15, -0.1) is 34.2 Å². The molecule has 1 aliphatic heterocycles. The summed E-state index contributed by atoms with van der Waals surface area (Å²) in [5.41, 5.74) is 0. The monoisotopic (exact) mass is 502 g/mol. The van der Waals surface area contributed by atoms with Gasteiger partial charge in [-0.3, -0.25) is 0 Å². The first kappa shape index (κ1) is 21.8. The van der Waals surface area contributed by atoms with Crippen molar-refractivity contribution in [3.63, 3.8) is 0 Å². The van der Waals surface area contributed by atoms with Crippen molar-refractivity contribution in [3.05, 3.63) is 11.6 Å². The van der Waals surface area contributed by atoms with Gasteiger partial charge in [0.1, 0.15) is 12.4 Å². The summed E-state index contributed by atoms with van der Waals surface area (Å²) in [4.78, 5) is 4.82. The van der Waals surface area contributed by atoms with Crippen LogP contribution in [0.4, 0.5) is 0 Å². The Hall–Kier alpha value is -0.900. The lowest BCUT2D eigenvalue weighted by atomic mass is 9.79. The number of halogens is 1. The Kier molecular flexibility index (Phi) is 7.96. The Morgan fingerprint density at radius 1 is 1.14 bits per heavy atom. The number of guanidine groups is 1. The number of nitrogens with one attached hydrogen (secondary N) is 2. The lowest BCUT2D eigenvalue weighted by Gasteiger charge is -2.33. The van der Waals surface area contributed by atoms with Gasteiger partial charge < -0.3 is 19.9 Å². The molecule has 3 aliphatic rings. The number of fused-ring (bicyclic) bond motifs is 1. The van der Waals surface area contributed by atoms with E-state index in [0.717, 1.165) is 55.4 Å². The second-order valence-electron chi connectivity index (χ2n) is 8.51. The molecule has 7 nitrogen and oxygen atoms in total. The molecule has 2 heterocycles. The topological polar surface area (TPSA) is 76.4 Å². The Morgan fingerprint density at radius 3 is 2.75 bits per heavy atom. The van der Waals surface area contributed by atoms with E-state index in [4.69, 9.17) is 9.73 Å². The van der Waals surface area contributed by atoms with E-state index >= 15 is 0 Å². The average Bonchev–Trinajstić information content (AvgIpc) is 3.41. The fraction of sp³-hybridized carbons (Fsp3) is 0.850. The van der Waals surface area contributed by atoms with E-state index in [1.165, 1.54) is 38.5 Å². The number of ether oxygens (including phenoxy) is 1. The van der Waals surface area contributed by atoms with Crippen molar-refractivity contribution in [2.45, 2.75) is 77.0 Å². The second kappa shape index (κ2) is 10.2. The summed E-state index contributed by atoms with van der Waals surface area (Å²) in [6, 6.07) is 0.529. The SMILES string of the molecule is Cc1nnc(CN=C(NCC2CCCO2)NC2CCC3CCCC3C2)n1C.I. The van der Waals surface area contributed by atoms with E-state index in [2.05, 4.69) is 20.8 Å². The average molecular weight is 502 g/mol. The van der Waals surface area contributed by atoms with Crippen LogP contribution in [-0.4, -0.2) is 46.0 Å². The van der Waals surface area contributed by atoms with Gasteiger partial charge in [-0.1, -0.05) is 19.3 Å². The number of hydrogen-bond acceptors (Lipinski definition) is 4. The molecule has 0 amide bonds. The van der Waals surface area contributed by atoms with Crippen LogP contribution in [0.5, 0.6) is 0 Å². The number of nitrogens with zero attached hydrogens (tertiary/aromatic N) is 4. The molecule has 0 aromatic carbocycles. The zero-order valence-corrected chi connectivity index (χ0v) is 19.5. The number of aliphatic imine (C=N–C) groups is 1. The minimum Gasteiger partial charge on any atom is -0.376 e. The van der Waals surface area contributed by atoms with Gasteiger partial charge in [0.2, 0.25) is 0 Å². The summed E-state index contributed by atoms with van der Waals surface area (Å²) in [7, 11) is 1.99. The van der Waals surface area contributed by atoms with Crippen molar-refractivity contribution < 1.29 is 4.74 Å². The highest BCUT2D eigenvalue weighted by atomic mass is 127. The van der Waals surface area contributed by atoms with E-state index < -0.39 is 0 Å². The molecule has 1 aromatic rings. The van der Waals surface area contributed by atoms with Gasteiger partial charge in [0, 0.05) is 26.2 Å². The molecule has 4 atom stereocenters. The van der Waals surface area contributed by atoms with Crippen LogP contribution >= 0.6 is 24.0 Å². The van der Waals surface area contributed by atoms with Crippen LogP contribution in [0.25, 0.3) is 0 Å². The highest BCUT2D eigenvalue weighted by Gasteiger charge is 2.34. The standard InChI is InChI=1S/C20H34N6O.HI/c1-14-24-25-19(26(14)2)13-22-20(21-12-18-7-4-10-27-18)23-17-9-8-15-5-3-6-16(15)11-17;/h15-18H,3-13H2,1-2H3,(H2,21,22,23);1H. The number of rotatable bonds is 5. The Balaban J connectivity index is 0.00000225. The molecule has 0 spiro atoms. The third kappa shape index (κ3) is 5.37. The smallest absolute Gasteiger partial charge is 0.192 e. The van der Waals surface area contributed by atoms with Gasteiger partial charge in [-0.25, -0.2) is 4.99 Å². The third-order valence-electron chi connectivity index (χ3n) is 6.71. The van der Waals surface area contributed by atoms with E-state index in [0.29, 0.717) is 18.7 Å². The van der Waals surface area contributed by atoms with Crippen molar-refractivity contribution in [2.75, 3.05) is 13.2 Å². The second-order valence-corrected chi connectivity index (χ2v) is 8.51. The molecule has 158 valence electrons. The molecular formula is C20H35IN6O. The first-order valence-electron chi connectivity index (χ1n) is 10.7. The van der Waals surface area contributed by atoms with E-state index in [9.17, 15) is 0 Å². The minimum atomic E-state index is 0. The van der Waals surface area contributed by atoms with Gasteiger partial charge >= 0.3 is 0 Å². The zero-order chi connectivity index (χ0) is 18.6. The van der Waals surface area contributed by atoms with Crippen LogP contribution in [0, 0.1) is 18.8 Å². The van der Waals surface area contributed by atoms with E-state index in [-0.39, 0.29) is 24.0 Å². The van der Waals surface area contributed by atoms with Gasteiger partial charge in [0.15, 0.2) is 11.8 Å². The third-order valence-corrected chi connectivity index (χ3v) is 6.71.